The molecule has 5 nitrogen and oxygen atoms in total. The topological polar surface area (TPSA) is 47.6 Å². The fraction of sp³-hybridized carbons (Fsp3) is 0.348. The SMILES string of the molecule is CCN(CC)C1CCN(c2ccc(NC=C3C(=O)Nc4ccccc43)cc2)C1. The molecule has 0 aromatic heterocycles. The zero-order chi connectivity index (χ0) is 19.5. The molecule has 2 aliphatic rings. The highest BCUT2D eigenvalue weighted by Crippen LogP contribution is 2.31. The normalized spacial score (nSPS) is 20.0. The van der Waals surface area contributed by atoms with Crippen molar-refractivity contribution < 1.29 is 4.79 Å². The van der Waals surface area contributed by atoms with Gasteiger partial charge in [0.1, 0.15) is 0 Å². The lowest BCUT2D eigenvalue weighted by molar-refractivity contribution is -0.110. The lowest BCUT2D eigenvalue weighted by Crippen LogP contribution is -2.37. The van der Waals surface area contributed by atoms with Gasteiger partial charge in [-0.2, -0.15) is 0 Å². The first-order valence-corrected chi connectivity index (χ1v) is 10.2. The number of carbonyl (C=O) groups excluding carboxylic acids is 1. The van der Waals surface area contributed by atoms with E-state index in [0.29, 0.717) is 11.6 Å². The number of anilines is 3. The van der Waals surface area contributed by atoms with Crippen LogP contribution in [0, 0.1) is 0 Å². The Kier molecular flexibility index (Phi) is 5.35. The van der Waals surface area contributed by atoms with Crippen LogP contribution in [0.5, 0.6) is 0 Å². The first kappa shape index (κ1) is 18.6. The Morgan fingerprint density at radius 2 is 1.89 bits per heavy atom. The van der Waals surface area contributed by atoms with Crippen LogP contribution < -0.4 is 15.5 Å². The monoisotopic (exact) mass is 376 g/mol. The first-order valence-electron chi connectivity index (χ1n) is 10.2. The number of rotatable bonds is 6. The van der Waals surface area contributed by atoms with Gasteiger partial charge in [0.25, 0.3) is 5.91 Å². The van der Waals surface area contributed by atoms with Gasteiger partial charge in [-0.25, -0.2) is 0 Å². The lowest BCUT2D eigenvalue weighted by Gasteiger charge is -2.26. The van der Waals surface area contributed by atoms with Gasteiger partial charge < -0.3 is 15.5 Å². The van der Waals surface area contributed by atoms with E-state index < -0.39 is 0 Å². The Morgan fingerprint density at radius 3 is 2.64 bits per heavy atom. The van der Waals surface area contributed by atoms with Crippen LogP contribution in [-0.4, -0.2) is 43.0 Å². The molecule has 1 saturated heterocycles. The summed E-state index contributed by atoms with van der Waals surface area (Å²) in [5.74, 6) is -0.0650. The number of nitrogens with zero attached hydrogens (tertiary/aromatic N) is 2. The summed E-state index contributed by atoms with van der Waals surface area (Å²) >= 11 is 0. The summed E-state index contributed by atoms with van der Waals surface area (Å²) in [6, 6.07) is 16.9. The zero-order valence-electron chi connectivity index (χ0n) is 16.6. The molecule has 0 radical (unpaired) electrons. The average Bonchev–Trinajstić information content (AvgIpc) is 3.32. The quantitative estimate of drug-likeness (QED) is 0.748. The number of amides is 1. The average molecular weight is 377 g/mol. The minimum atomic E-state index is -0.0650. The summed E-state index contributed by atoms with van der Waals surface area (Å²) in [6.07, 6.45) is 3.02. The van der Waals surface area contributed by atoms with Crippen molar-refractivity contribution in [3.05, 3.63) is 60.3 Å². The smallest absolute Gasteiger partial charge is 0.257 e. The van der Waals surface area contributed by atoms with Gasteiger partial charge in [0, 0.05) is 48.0 Å². The van der Waals surface area contributed by atoms with Gasteiger partial charge in [-0.1, -0.05) is 32.0 Å². The predicted octanol–water partition coefficient (Wildman–Crippen LogP) is 4.01. The Bertz CT molecular complexity index is 870. The second kappa shape index (κ2) is 8.07. The summed E-state index contributed by atoms with van der Waals surface area (Å²) in [5, 5.41) is 6.17. The van der Waals surface area contributed by atoms with E-state index >= 15 is 0 Å². The Labute approximate surface area is 167 Å². The molecular weight excluding hydrogens is 348 g/mol. The van der Waals surface area contributed by atoms with Gasteiger partial charge in [0.2, 0.25) is 0 Å². The van der Waals surface area contributed by atoms with Crippen molar-refractivity contribution in [2.45, 2.75) is 26.3 Å². The maximum Gasteiger partial charge on any atom is 0.257 e. The van der Waals surface area contributed by atoms with Gasteiger partial charge in [0.05, 0.1) is 5.57 Å². The maximum atomic E-state index is 12.2. The van der Waals surface area contributed by atoms with E-state index in [-0.39, 0.29) is 5.91 Å². The molecule has 5 heteroatoms. The Balaban J connectivity index is 1.41. The molecule has 0 bridgehead atoms. The van der Waals surface area contributed by atoms with Gasteiger partial charge in [-0.3, -0.25) is 9.69 Å². The molecule has 146 valence electrons. The molecule has 2 aromatic rings. The Morgan fingerprint density at radius 1 is 1.14 bits per heavy atom. The minimum absolute atomic E-state index is 0.0650. The van der Waals surface area contributed by atoms with Gasteiger partial charge >= 0.3 is 0 Å². The number of benzene rings is 2. The van der Waals surface area contributed by atoms with Crippen molar-refractivity contribution in [2.24, 2.45) is 0 Å². The third-order valence-corrected chi connectivity index (χ3v) is 5.82. The number of fused-ring (bicyclic) bond motifs is 1. The van der Waals surface area contributed by atoms with E-state index in [9.17, 15) is 4.79 Å². The maximum absolute atomic E-state index is 12.2. The third-order valence-electron chi connectivity index (χ3n) is 5.82. The lowest BCUT2D eigenvalue weighted by atomic mass is 10.1. The number of hydrogen-bond donors (Lipinski definition) is 2. The molecule has 4 rings (SSSR count). The van der Waals surface area contributed by atoms with Crippen molar-refractivity contribution in [2.75, 3.05) is 41.7 Å². The largest absolute Gasteiger partial charge is 0.370 e. The molecule has 1 fully saturated rings. The van der Waals surface area contributed by atoms with E-state index in [4.69, 9.17) is 0 Å². The van der Waals surface area contributed by atoms with Crippen molar-refractivity contribution in [3.63, 3.8) is 0 Å². The van der Waals surface area contributed by atoms with Crippen molar-refractivity contribution in [1.82, 2.24) is 4.90 Å². The molecule has 28 heavy (non-hydrogen) atoms. The van der Waals surface area contributed by atoms with Crippen LogP contribution in [-0.2, 0) is 4.79 Å². The van der Waals surface area contributed by atoms with Crippen LogP contribution in [0.1, 0.15) is 25.8 Å². The zero-order valence-corrected chi connectivity index (χ0v) is 16.6. The standard InChI is InChI=1S/C23H28N4O/c1-3-26(4-2)19-13-14-27(16-19)18-11-9-17(10-12-18)24-15-21-20-7-5-6-8-22(20)25-23(21)28/h5-12,15,19,24H,3-4,13-14,16H2,1-2H3,(H,25,28). The molecule has 1 amide bonds. The molecule has 0 saturated carbocycles. The van der Waals surface area contributed by atoms with Crippen LogP contribution in [0.3, 0.4) is 0 Å². The molecule has 2 aliphatic heterocycles. The molecule has 2 N–H and O–H groups in total. The fourth-order valence-electron chi connectivity index (χ4n) is 4.22. The molecule has 0 aliphatic carbocycles. The number of carbonyl (C=O) groups is 1. The summed E-state index contributed by atoms with van der Waals surface area (Å²) < 4.78 is 0. The summed E-state index contributed by atoms with van der Waals surface area (Å²) in [4.78, 5) is 17.2. The predicted molar refractivity (Wildman–Crippen MR) is 117 cm³/mol. The molecule has 1 atom stereocenters. The highest BCUT2D eigenvalue weighted by atomic mass is 16.2. The van der Waals surface area contributed by atoms with Crippen LogP contribution in [0.2, 0.25) is 0 Å². The molecule has 0 spiro atoms. The van der Waals surface area contributed by atoms with Gasteiger partial charge in [0.15, 0.2) is 0 Å². The van der Waals surface area contributed by atoms with Crippen LogP contribution in [0.4, 0.5) is 17.1 Å². The van der Waals surface area contributed by atoms with E-state index in [1.807, 2.05) is 24.3 Å². The molecular formula is C23H28N4O. The van der Waals surface area contributed by atoms with Crippen LogP contribution >= 0.6 is 0 Å². The summed E-state index contributed by atoms with van der Waals surface area (Å²) in [6.45, 7) is 8.91. The number of hydrogen-bond acceptors (Lipinski definition) is 4. The highest BCUT2D eigenvalue weighted by molar-refractivity contribution is 6.31. The van der Waals surface area contributed by atoms with Gasteiger partial charge in [-0.15, -0.1) is 0 Å². The number of nitrogens with one attached hydrogen (secondary N) is 2. The second-order valence-corrected chi connectivity index (χ2v) is 7.36. The van der Waals surface area contributed by atoms with E-state index in [2.05, 4.69) is 58.5 Å². The molecule has 2 aromatic carbocycles. The van der Waals surface area contributed by atoms with E-state index in [1.165, 1.54) is 12.1 Å². The van der Waals surface area contributed by atoms with Crippen LogP contribution in [0.25, 0.3) is 5.57 Å². The second-order valence-electron chi connectivity index (χ2n) is 7.36. The van der Waals surface area contributed by atoms with Crippen molar-refractivity contribution in [3.8, 4) is 0 Å². The fourth-order valence-corrected chi connectivity index (χ4v) is 4.22. The summed E-state index contributed by atoms with van der Waals surface area (Å²) in [5.41, 5.74) is 4.72. The van der Waals surface area contributed by atoms with Crippen molar-refractivity contribution in [1.29, 1.82) is 0 Å². The number of para-hydroxylation sites is 1. The minimum Gasteiger partial charge on any atom is -0.370 e. The molecule has 2 heterocycles. The van der Waals surface area contributed by atoms with Gasteiger partial charge in [-0.05, 0) is 49.8 Å². The van der Waals surface area contributed by atoms with Crippen molar-refractivity contribution >= 4 is 28.5 Å². The Hall–Kier alpha value is -2.79. The van der Waals surface area contributed by atoms with E-state index in [1.54, 1.807) is 6.20 Å². The van der Waals surface area contributed by atoms with E-state index in [0.717, 1.165) is 43.1 Å². The molecule has 1 unspecified atom stereocenters. The highest BCUT2D eigenvalue weighted by Gasteiger charge is 2.26. The first-order chi connectivity index (χ1) is 13.7. The number of likely N-dealkylation sites (N-methyl/N-ethyl adjacent to an activating group) is 1. The summed E-state index contributed by atoms with van der Waals surface area (Å²) in [7, 11) is 0. The van der Waals surface area contributed by atoms with Crippen LogP contribution in [0.15, 0.2) is 54.7 Å². The third kappa shape index (κ3) is 3.62.